The normalized spacial score (nSPS) is 17.2. The van der Waals surface area contributed by atoms with Gasteiger partial charge in [-0.05, 0) is 25.3 Å². The molecule has 1 aliphatic heterocycles. The van der Waals surface area contributed by atoms with Crippen LogP contribution in [-0.2, 0) is 4.74 Å². The number of ether oxygens (including phenoxy) is 1. The Labute approximate surface area is 171 Å². The third-order valence-electron chi connectivity index (χ3n) is 3.86. The van der Waals surface area contributed by atoms with Crippen molar-refractivity contribution in [1.82, 2.24) is 15.5 Å². The van der Waals surface area contributed by atoms with E-state index >= 15 is 0 Å². The predicted molar refractivity (Wildman–Crippen MR) is 117 cm³/mol. The number of rotatable bonds is 7. The van der Waals surface area contributed by atoms with Gasteiger partial charge in [-0.1, -0.05) is 0 Å². The molecule has 24 heavy (non-hydrogen) atoms. The van der Waals surface area contributed by atoms with Crippen LogP contribution < -0.4 is 10.6 Å². The Hall–Kier alpha value is -0.0300. The lowest BCUT2D eigenvalue weighted by Crippen LogP contribution is -2.46. The molecule has 2 rings (SSSR count). The molecule has 1 saturated heterocycles. The number of thiophene rings is 1. The molecule has 0 spiro atoms. The summed E-state index contributed by atoms with van der Waals surface area (Å²) in [6.45, 7) is 7.58. The third-order valence-corrected chi connectivity index (χ3v) is 5.58. The zero-order valence-electron chi connectivity index (χ0n) is 14.7. The fourth-order valence-corrected chi connectivity index (χ4v) is 3.94. The van der Waals surface area contributed by atoms with Crippen molar-refractivity contribution in [3.05, 3.63) is 21.9 Å². The second-order valence-corrected chi connectivity index (χ2v) is 7.79. The van der Waals surface area contributed by atoms with Crippen molar-refractivity contribution in [2.45, 2.75) is 13.0 Å². The number of hydrogen-bond acceptors (Lipinski definition) is 5. The van der Waals surface area contributed by atoms with Gasteiger partial charge in [-0.3, -0.25) is 9.89 Å². The van der Waals surface area contributed by atoms with Crippen molar-refractivity contribution in [3.63, 3.8) is 0 Å². The van der Waals surface area contributed by atoms with Gasteiger partial charge >= 0.3 is 0 Å². The summed E-state index contributed by atoms with van der Waals surface area (Å²) < 4.78 is 5.51. The standard InChI is InChI=1S/C16H28N4OS2.HI/c1-13-4-5-15(23-13)14(20-7-9-21-10-8-20)12-19-16(17-2)18-6-11-22-3;/h4-5,14H,6-12H2,1-3H3,(H2,17,18,19);1H. The third kappa shape index (κ3) is 7.07. The van der Waals surface area contributed by atoms with Gasteiger partial charge in [-0.15, -0.1) is 35.3 Å². The van der Waals surface area contributed by atoms with Gasteiger partial charge in [0.2, 0.25) is 0 Å². The molecule has 5 nitrogen and oxygen atoms in total. The van der Waals surface area contributed by atoms with E-state index in [0.29, 0.717) is 6.04 Å². The molecule has 8 heteroatoms. The van der Waals surface area contributed by atoms with Crippen LogP contribution in [0.4, 0.5) is 0 Å². The second kappa shape index (κ2) is 12.3. The van der Waals surface area contributed by atoms with E-state index in [4.69, 9.17) is 4.74 Å². The summed E-state index contributed by atoms with van der Waals surface area (Å²) in [5, 5.41) is 6.85. The molecule has 1 aliphatic rings. The van der Waals surface area contributed by atoms with Crippen molar-refractivity contribution in [2.75, 3.05) is 58.4 Å². The van der Waals surface area contributed by atoms with Gasteiger partial charge in [-0.2, -0.15) is 11.8 Å². The van der Waals surface area contributed by atoms with Crippen LogP contribution in [-0.4, -0.2) is 69.3 Å². The fraction of sp³-hybridized carbons (Fsp3) is 0.688. The molecule has 1 fully saturated rings. The molecule has 2 heterocycles. The first-order valence-corrected chi connectivity index (χ1v) is 10.3. The lowest BCUT2D eigenvalue weighted by Gasteiger charge is -2.34. The molecular weight excluding hydrogens is 455 g/mol. The first kappa shape index (κ1) is 22.0. The summed E-state index contributed by atoms with van der Waals surface area (Å²) in [6, 6.07) is 4.83. The quantitative estimate of drug-likeness (QED) is 0.270. The molecule has 1 aromatic heterocycles. The summed E-state index contributed by atoms with van der Waals surface area (Å²) >= 11 is 3.72. The lowest BCUT2D eigenvalue weighted by molar-refractivity contribution is 0.0177. The maximum absolute atomic E-state index is 5.51. The van der Waals surface area contributed by atoms with Crippen LogP contribution in [0, 0.1) is 6.92 Å². The molecule has 1 unspecified atom stereocenters. The topological polar surface area (TPSA) is 48.9 Å². The van der Waals surface area contributed by atoms with Gasteiger partial charge in [0, 0.05) is 48.7 Å². The maximum Gasteiger partial charge on any atom is 0.191 e. The first-order valence-electron chi connectivity index (χ1n) is 8.06. The van der Waals surface area contributed by atoms with Crippen LogP contribution in [0.2, 0.25) is 0 Å². The second-order valence-electron chi connectivity index (χ2n) is 5.49. The van der Waals surface area contributed by atoms with Crippen molar-refractivity contribution in [2.24, 2.45) is 4.99 Å². The average Bonchev–Trinajstić information content (AvgIpc) is 3.00. The molecule has 0 saturated carbocycles. The lowest BCUT2D eigenvalue weighted by atomic mass is 10.2. The van der Waals surface area contributed by atoms with Gasteiger partial charge in [0.15, 0.2) is 5.96 Å². The Kier molecular flexibility index (Phi) is 11.3. The number of morpholine rings is 1. The Bertz CT molecular complexity index is 492. The number of guanidine groups is 1. The van der Waals surface area contributed by atoms with E-state index in [2.05, 4.69) is 45.8 Å². The molecule has 0 amide bonds. The molecule has 1 aromatic rings. The van der Waals surface area contributed by atoms with E-state index in [9.17, 15) is 0 Å². The molecule has 0 aliphatic carbocycles. The van der Waals surface area contributed by atoms with Gasteiger partial charge in [0.25, 0.3) is 0 Å². The molecule has 0 radical (unpaired) electrons. The van der Waals surface area contributed by atoms with Crippen molar-refractivity contribution >= 4 is 53.0 Å². The van der Waals surface area contributed by atoms with Crippen LogP contribution in [0.5, 0.6) is 0 Å². The monoisotopic (exact) mass is 484 g/mol. The van der Waals surface area contributed by atoms with Gasteiger partial charge in [0.1, 0.15) is 0 Å². The molecule has 1 atom stereocenters. The summed E-state index contributed by atoms with van der Waals surface area (Å²) in [5.74, 6) is 1.96. The Morgan fingerprint density at radius 3 is 2.71 bits per heavy atom. The van der Waals surface area contributed by atoms with Crippen LogP contribution in [0.3, 0.4) is 0 Å². The summed E-state index contributed by atoms with van der Waals surface area (Å²) in [7, 11) is 1.83. The fourth-order valence-electron chi connectivity index (χ4n) is 2.62. The average molecular weight is 484 g/mol. The predicted octanol–water partition coefficient (Wildman–Crippen LogP) is 2.58. The van der Waals surface area contributed by atoms with Crippen LogP contribution in [0.25, 0.3) is 0 Å². The van der Waals surface area contributed by atoms with Gasteiger partial charge in [-0.25, -0.2) is 0 Å². The highest BCUT2D eigenvalue weighted by atomic mass is 127. The first-order chi connectivity index (χ1) is 11.2. The van der Waals surface area contributed by atoms with E-state index in [0.717, 1.165) is 51.1 Å². The summed E-state index contributed by atoms with van der Waals surface area (Å²) in [5.41, 5.74) is 0. The van der Waals surface area contributed by atoms with Crippen LogP contribution in [0.15, 0.2) is 17.1 Å². The molecule has 0 aromatic carbocycles. The van der Waals surface area contributed by atoms with E-state index < -0.39 is 0 Å². The highest BCUT2D eigenvalue weighted by molar-refractivity contribution is 14.0. The molecular formula is C16H29IN4OS2. The summed E-state index contributed by atoms with van der Waals surface area (Å²) in [4.78, 5) is 9.61. The number of aliphatic imine (C=N–C) groups is 1. The largest absolute Gasteiger partial charge is 0.379 e. The zero-order valence-corrected chi connectivity index (χ0v) is 18.7. The minimum atomic E-state index is 0. The number of halogens is 1. The van der Waals surface area contributed by atoms with E-state index in [1.54, 1.807) is 0 Å². The SMILES string of the molecule is CN=C(NCCSC)NCC(c1ccc(C)s1)N1CCOCC1.I. The highest BCUT2D eigenvalue weighted by Gasteiger charge is 2.24. The number of nitrogens with one attached hydrogen (secondary N) is 2. The molecule has 2 N–H and O–H groups in total. The van der Waals surface area contributed by atoms with Gasteiger partial charge in [0.05, 0.1) is 19.3 Å². The number of nitrogens with zero attached hydrogens (tertiary/aromatic N) is 2. The van der Waals surface area contributed by atoms with Crippen molar-refractivity contribution < 1.29 is 4.74 Å². The van der Waals surface area contributed by atoms with E-state index in [1.807, 2.05) is 30.1 Å². The number of aryl methyl sites for hydroxylation is 1. The van der Waals surface area contributed by atoms with Crippen molar-refractivity contribution in [1.29, 1.82) is 0 Å². The highest BCUT2D eigenvalue weighted by Crippen LogP contribution is 2.27. The van der Waals surface area contributed by atoms with Crippen LogP contribution >= 0.6 is 47.1 Å². The van der Waals surface area contributed by atoms with Gasteiger partial charge < -0.3 is 15.4 Å². The molecule has 138 valence electrons. The van der Waals surface area contributed by atoms with Crippen molar-refractivity contribution in [3.8, 4) is 0 Å². The smallest absolute Gasteiger partial charge is 0.191 e. The minimum Gasteiger partial charge on any atom is -0.379 e. The minimum absolute atomic E-state index is 0. The Balaban J connectivity index is 0.00000288. The van der Waals surface area contributed by atoms with Crippen LogP contribution in [0.1, 0.15) is 15.8 Å². The Morgan fingerprint density at radius 2 is 2.12 bits per heavy atom. The maximum atomic E-state index is 5.51. The van der Waals surface area contributed by atoms with E-state index in [1.165, 1.54) is 9.75 Å². The van der Waals surface area contributed by atoms with E-state index in [-0.39, 0.29) is 24.0 Å². The summed E-state index contributed by atoms with van der Waals surface area (Å²) in [6.07, 6.45) is 2.12. The number of hydrogen-bond donors (Lipinski definition) is 2. The Morgan fingerprint density at radius 1 is 1.38 bits per heavy atom. The molecule has 0 bridgehead atoms. The zero-order chi connectivity index (χ0) is 16.5. The number of thioether (sulfide) groups is 1.